The molecule has 0 saturated carbocycles. The molecule has 106 valence electrons. The minimum atomic E-state index is 0.318. The molecule has 0 aliphatic rings. The molecular weight excluding hydrogens is 260 g/mol. The Kier molecular flexibility index (Phi) is 4.56. The Labute approximate surface area is 116 Å². The van der Waals surface area contributed by atoms with Crippen LogP contribution >= 0.6 is 0 Å². The van der Waals surface area contributed by atoms with E-state index in [4.69, 9.17) is 20.1 Å². The van der Waals surface area contributed by atoms with E-state index in [1.807, 2.05) is 24.3 Å². The van der Waals surface area contributed by atoms with Gasteiger partial charge in [0.25, 0.3) is 5.88 Å². The van der Waals surface area contributed by atoms with Crippen molar-refractivity contribution in [3.63, 3.8) is 0 Å². The third-order valence-corrected chi connectivity index (χ3v) is 2.62. The normalized spacial score (nSPS) is 9.95. The predicted molar refractivity (Wildman–Crippen MR) is 73.7 cm³/mol. The number of hydrogen-bond acceptors (Lipinski definition) is 7. The molecule has 0 atom stereocenters. The number of anilines is 1. The minimum Gasteiger partial charge on any atom is -0.497 e. The quantitative estimate of drug-likeness (QED) is 0.608. The first kappa shape index (κ1) is 13.9. The van der Waals surface area contributed by atoms with Crippen LogP contribution in [0.2, 0.25) is 0 Å². The zero-order valence-corrected chi connectivity index (χ0v) is 11.3. The molecule has 0 aliphatic carbocycles. The summed E-state index contributed by atoms with van der Waals surface area (Å²) in [4.78, 5) is 7.97. The van der Waals surface area contributed by atoms with Crippen LogP contribution in [0.4, 0.5) is 5.82 Å². The van der Waals surface area contributed by atoms with Crippen LogP contribution in [0.25, 0.3) is 0 Å². The van der Waals surface area contributed by atoms with Gasteiger partial charge in [0.2, 0.25) is 5.75 Å². The molecule has 1 heterocycles. The molecule has 7 nitrogen and oxygen atoms in total. The first-order valence-corrected chi connectivity index (χ1v) is 5.89. The third-order valence-electron chi connectivity index (χ3n) is 2.62. The van der Waals surface area contributed by atoms with E-state index < -0.39 is 0 Å². The Morgan fingerprint density at radius 3 is 2.75 bits per heavy atom. The van der Waals surface area contributed by atoms with Gasteiger partial charge in [0.1, 0.15) is 18.7 Å². The fourth-order valence-electron chi connectivity index (χ4n) is 1.66. The molecule has 7 heteroatoms. The van der Waals surface area contributed by atoms with Crippen molar-refractivity contribution in [2.45, 2.75) is 6.61 Å². The lowest BCUT2D eigenvalue weighted by Gasteiger charge is -2.12. The maximum Gasteiger partial charge on any atom is 0.262 e. The molecule has 1 aromatic heterocycles. The summed E-state index contributed by atoms with van der Waals surface area (Å²) in [5.74, 6) is 7.16. The number of rotatable bonds is 6. The fraction of sp³-hybridized carbons (Fsp3) is 0.231. The van der Waals surface area contributed by atoms with Crippen molar-refractivity contribution in [1.29, 1.82) is 0 Å². The van der Waals surface area contributed by atoms with Crippen molar-refractivity contribution >= 4 is 5.82 Å². The van der Waals surface area contributed by atoms with Gasteiger partial charge in [-0.1, -0.05) is 12.1 Å². The first-order chi connectivity index (χ1) is 9.78. The van der Waals surface area contributed by atoms with Crippen LogP contribution in [0, 0.1) is 0 Å². The molecule has 0 fully saturated rings. The minimum absolute atomic E-state index is 0.318. The lowest BCUT2D eigenvalue weighted by molar-refractivity contribution is 0.271. The van der Waals surface area contributed by atoms with Gasteiger partial charge in [-0.25, -0.2) is 10.8 Å². The number of nitrogens with zero attached hydrogens (tertiary/aromatic N) is 2. The summed E-state index contributed by atoms with van der Waals surface area (Å²) in [5, 5.41) is 0. The van der Waals surface area contributed by atoms with Crippen molar-refractivity contribution in [3.05, 3.63) is 36.2 Å². The highest BCUT2D eigenvalue weighted by molar-refractivity contribution is 5.54. The van der Waals surface area contributed by atoms with E-state index in [-0.39, 0.29) is 0 Å². The molecule has 0 bridgehead atoms. The Hall–Kier alpha value is -2.54. The van der Waals surface area contributed by atoms with Crippen LogP contribution in [0.15, 0.2) is 30.6 Å². The summed E-state index contributed by atoms with van der Waals surface area (Å²) >= 11 is 0. The molecule has 0 aliphatic heterocycles. The highest BCUT2D eigenvalue weighted by atomic mass is 16.5. The van der Waals surface area contributed by atoms with Crippen molar-refractivity contribution < 1.29 is 14.2 Å². The molecule has 0 saturated heterocycles. The van der Waals surface area contributed by atoms with Gasteiger partial charge in [-0.2, -0.15) is 4.98 Å². The summed E-state index contributed by atoms with van der Waals surface area (Å²) in [6.45, 7) is 0.328. The molecular formula is C13H16N4O3. The Bertz CT molecular complexity index is 577. The molecule has 0 spiro atoms. The average molecular weight is 276 g/mol. The number of hydrogen-bond donors (Lipinski definition) is 2. The van der Waals surface area contributed by atoms with Crippen LogP contribution in [-0.2, 0) is 6.61 Å². The molecule has 3 N–H and O–H groups in total. The molecule has 0 amide bonds. The zero-order valence-electron chi connectivity index (χ0n) is 11.3. The second kappa shape index (κ2) is 6.58. The van der Waals surface area contributed by atoms with Crippen molar-refractivity contribution in [2.75, 3.05) is 19.6 Å². The number of aromatic nitrogens is 2. The molecule has 2 rings (SSSR count). The number of nitrogen functional groups attached to an aromatic ring is 1. The summed E-state index contributed by atoms with van der Waals surface area (Å²) in [6, 6.07) is 7.57. The van der Waals surface area contributed by atoms with Crippen molar-refractivity contribution in [2.24, 2.45) is 5.84 Å². The average Bonchev–Trinajstić information content (AvgIpc) is 2.52. The number of nitrogens with one attached hydrogen (secondary N) is 1. The van der Waals surface area contributed by atoms with Crippen LogP contribution in [0.3, 0.4) is 0 Å². The second-order valence-electron chi connectivity index (χ2n) is 3.85. The van der Waals surface area contributed by atoms with Gasteiger partial charge in [0.15, 0.2) is 5.82 Å². The van der Waals surface area contributed by atoms with Crippen LogP contribution in [0.5, 0.6) is 17.4 Å². The fourth-order valence-corrected chi connectivity index (χ4v) is 1.66. The van der Waals surface area contributed by atoms with E-state index in [1.54, 1.807) is 7.11 Å². The van der Waals surface area contributed by atoms with E-state index in [9.17, 15) is 0 Å². The highest BCUT2D eigenvalue weighted by Crippen LogP contribution is 2.30. The Morgan fingerprint density at radius 2 is 2.05 bits per heavy atom. The lowest BCUT2D eigenvalue weighted by atomic mass is 10.2. The van der Waals surface area contributed by atoms with Crippen molar-refractivity contribution in [1.82, 2.24) is 9.97 Å². The highest BCUT2D eigenvalue weighted by Gasteiger charge is 2.12. The van der Waals surface area contributed by atoms with Gasteiger partial charge >= 0.3 is 0 Å². The summed E-state index contributed by atoms with van der Waals surface area (Å²) in [7, 11) is 3.12. The molecule has 20 heavy (non-hydrogen) atoms. The van der Waals surface area contributed by atoms with E-state index in [0.717, 1.165) is 11.3 Å². The first-order valence-electron chi connectivity index (χ1n) is 5.89. The predicted octanol–water partition coefficient (Wildman–Crippen LogP) is 1.36. The maximum absolute atomic E-state index is 5.63. The van der Waals surface area contributed by atoms with Gasteiger partial charge in [-0.05, 0) is 17.7 Å². The topological polar surface area (TPSA) is 91.5 Å². The molecule has 0 radical (unpaired) electrons. The van der Waals surface area contributed by atoms with E-state index in [2.05, 4.69) is 15.4 Å². The second-order valence-corrected chi connectivity index (χ2v) is 3.85. The van der Waals surface area contributed by atoms with E-state index in [1.165, 1.54) is 13.4 Å². The van der Waals surface area contributed by atoms with E-state index in [0.29, 0.717) is 24.1 Å². The smallest absolute Gasteiger partial charge is 0.262 e. The number of ether oxygens (including phenoxy) is 3. The Balaban J connectivity index is 2.14. The number of nitrogens with two attached hydrogens (primary N) is 1. The monoisotopic (exact) mass is 276 g/mol. The lowest BCUT2D eigenvalue weighted by Crippen LogP contribution is -2.11. The molecule has 1 aromatic carbocycles. The van der Waals surface area contributed by atoms with Crippen LogP contribution in [0.1, 0.15) is 5.56 Å². The van der Waals surface area contributed by atoms with Gasteiger partial charge in [0.05, 0.1) is 14.2 Å². The third kappa shape index (κ3) is 3.07. The SMILES string of the molecule is COc1cccc(COc2ncnc(NN)c2OC)c1. The number of benzene rings is 1. The van der Waals surface area contributed by atoms with Gasteiger partial charge in [0, 0.05) is 0 Å². The Morgan fingerprint density at radius 1 is 1.20 bits per heavy atom. The molecule has 0 unspecified atom stereocenters. The van der Waals surface area contributed by atoms with Crippen LogP contribution in [-0.4, -0.2) is 24.2 Å². The van der Waals surface area contributed by atoms with Gasteiger partial charge in [-0.15, -0.1) is 0 Å². The zero-order chi connectivity index (χ0) is 14.4. The van der Waals surface area contributed by atoms with Crippen LogP contribution < -0.4 is 25.5 Å². The number of hydrazine groups is 1. The number of methoxy groups -OCH3 is 2. The maximum atomic E-state index is 5.63. The standard InChI is InChI=1S/C13H16N4O3/c1-18-10-5-3-4-9(6-10)7-20-13-11(19-2)12(17-14)15-8-16-13/h3-6,8H,7,14H2,1-2H3,(H,15,16,17). The van der Waals surface area contributed by atoms with Gasteiger partial charge in [-0.3, -0.25) is 0 Å². The molecule has 2 aromatic rings. The summed E-state index contributed by atoms with van der Waals surface area (Å²) in [5.41, 5.74) is 3.38. The van der Waals surface area contributed by atoms with Crippen molar-refractivity contribution in [3.8, 4) is 17.4 Å². The van der Waals surface area contributed by atoms with E-state index >= 15 is 0 Å². The summed E-state index contributed by atoms with van der Waals surface area (Å²) < 4.78 is 16.0. The van der Waals surface area contributed by atoms with Gasteiger partial charge < -0.3 is 19.6 Å². The largest absolute Gasteiger partial charge is 0.497 e. The summed E-state index contributed by atoms with van der Waals surface area (Å²) in [6.07, 6.45) is 1.35.